The Morgan fingerprint density at radius 3 is 2.62 bits per heavy atom. The molecule has 5 heteroatoms. The summed E-state index contributed by atoms with van der Waals surface area (Å²) < 4.78 is 5.00. The number of carbonyl (C=O) groups is 2. The van der Waals surface area contributed by atoms with Crippen LogP contribution in [0.25, 0.3) is 0 Å². The second-order valence-corrected chi connectivity index (χ2v) is 6.75. The van der Waals surface area contributed by atoms with Crippen molar-refractivity contribution >= 4 is 11.8 Å². The van der Waals surface area contributed by atoms with E-state index in [9.17, 15) is 9.59 Å². The molecule has 1 saturated heterocycles. The van der Waals surface area contributed by atoms with Crippen LogP contribution in [0.5, 0.6) is 0 Å². The van der Waals surface area contributed by atoms with Gasteiger partial charge in [0.25, 0.3) is 0 Å². The lowest BCUT2D eigenvalue weighted by Gasteiger charge is -2.20. The first-order valence-electron chi connectivity index (χ1n) is 8.56. The molecule has 1 aliphatic heterocycles. The maximum Gasteiger partial charge on any atom is 0.225 e. The quantitative estimate of drug-likeness (QED) is 0.810. The van der Waals surface area contributed by atoms with Crippen molar-refractivity contribution in [3.05, 3.63) is 35.4 Å². The van der Waals surface area contributed by atoms with E-state index in [1.54, 1.807) is 7.11 Å². The Morgan fingerprint density at radius 1 is 1.29 bits per heavy atom. The zero-order chi connectivity index (χ0) is 17.7. The predicted molar refractivity (Wildman–Crippen MR) is 93.7 cm³/mol. The van der Waals surface area contributed by atoms with Gasteiger partial charge in [-0.1, -0.05) is 38.1 Å². The van der Waals surface area contributed by atoms with Crippen LogP contribution in [0.4, 0.5) is 0 Å². The fraction of sp³-hybridized carbons (Fsp3) is 0.579. The molecule has 2 rings (SSSR count). The Bertz CT molecular complexity index is 586. The fourth-order valence-corrected chi connectivity index (χ4v) is 3.34. The average molecular weight is 332 g/mol. The van der Waals surface area contributed by atoms with Crippen LogP contribution >= 0.6 is 0 Å². The van der Waals surface area contributed by atoms with E-state index in [4.69, 9.17) is 4.74 Å². The molecule has 1 N–H and O–H groups in total. The molecule has 24 heavy (non-hydrogen) atoms. The van der Waals surface area contributed by atoms with Gasteiger partial charge in [-0.15, -0.1) is 0 Å². The number of rotatable bonds is 6. The maximum absolute atomic E-state index is 12.6. The van der Waals surface area contributed by atoms with Gasteiger partial charge in [0.05, 0.1) is 12.5 Å². The summed E-state index contributed by atoms with van der Waals surface area (Å²) in [4.78, 5) is 26.9. The van der Waals surface area contributed by atoms with E-state index in [1.165, 1.54) is 0 Å². The number of amides is 2. The molecule has 1 aromatic carbocycles. The van der Waals surface area contributed by atoms with E-state index < -0.39 is 0 Å². The zero-order valence-electron chi connectivity index (χ0n) is 15.0. The number of methoxy groups -OCH3 is 1. The molecule has 1 heterocycles. The number of nitrogens with zero attached hydrogens (tertiary/aromatic N) is 1. The minimum absolute atomic E-state index is 0.000593. The smallest absolute Gasteiger partial charge is 0.225 e. The molecular weight excluding hydrogens is 304 g/mol. The third-order valence-electron chi connectivity index (χ3n) is 4.66. The fourth-order valence-electron chi connectivity index (χ4n) is 3.34. The van der Waals surface area contributed by atoms with Crippen molar-refractivity contribution in [1.29, 1.82) is 0 Å². The molecular formula is C19H28N2O3. The van der Waals surface area contributed by atoms with Gasteiger partial charge in [0.1, 0.15) is 0 Å². The molecule has 0 spiro atoms. The molecule has 2 atom stereocenters. The van der Waals surface area contributed by atoms with E-state index in [0.29, 0.717) is 26.2 Å². The Balaban J connectivity index is 2.21. The molecule has 0 radical (unpaired) electrons. The van der Waals surface area contributed by atoms with Gasteiger partial charge in [0.15, 0.2) is 0 Å². The summed E-state index contributed by atoms with van der Waals surface area (Å²) in [5.41, 5.74) is 2.32. The summed E-state index contributed by atoms with van der Waals surface area (Å²) >= 11 is 0. The molecule has 132 valence electrons. The van der Waals surface area contributed by atoms with Crippen LogP contribution in [0.15, 0.2) is 24.3 Å². The number of likely N-dealkylation sites (tertiary alicyclic amines) is 1. The van der Waals surface area contributed by atoms with Crippen molar-refractivity contribution < 1.29 is 14.3 Å². The van der Waals surface area contributed by atoms with Gasteiger partial charge >= 0.3 is 0 Å². The Morgan fingerprint density at radius 2 is 2.00 bits per heavy atom. The Labute approximate surface area is 144 Å². The Hall–Kier alpha value is -1.88. The highest BCUT2D eigenvalue weighted by Crippen LogP contribution is 2.35. The van der Waals surface area contributed by atoms with Crippen molar-refractivity contribution in [2.75, 3.05) is 33.4 Å². The molecule has 2 amide bonds. The number of hydrogen-bond acceptors (Lipinski definition) is 3. The third kappa shape index (κ3) is 4.15. The van der Waals surface area contributed by atoms with Crippen molar-refractivity contribution in [1.82, 2.24) is 10.2 Å². The third-order valence-corrected chi connectivity index (χ3v) is 4.66. The van der Waals surface area contributed by atoms with Gasteiger partial charge in [-0.2, -0.15) is 0 Å². The van der Waals surface area contributed by atoms with Crippen molar-refractivity contribution in [3.63, 3.8) is 0 Å². The SMILES string of the molecule is COCCNC(=O)[C@H]1CN(C(=O)C(C)C)C[C@@H]1c1ccccc1C. The predicted octanol–water partition coefficient (Wildman–Crippen LogP) is 1.96. The van der Waals surface area contributed by atoms with Crippen LogP contribution in [0, 0.1) is 18.8 Å². The monoisotopic (exact) mass is 332 g/mol. The van der Waals surface area contributed by atoms with Crippen molar-refractivity contribution in [3.8, 4) is 0 Å². The maximum atomic E-state index is 12.6. The summed E-state index contributed by atoms with van der Waals surface area (Å²) in [5, 5.41) is 2.93. The van der Waals surface area contributed by atoms with Crippen LogP contribution in [0.1, 0.15) is 30.9 Å². The summed E-state index contributed by atoms with van der Waals surface area (Å²) in [5.74, 6) is -0.125. The number of carbonyl (C=O) groups excluding carboxylic acids is 2. The van der Waals surface area contributed by atoms with Crippen LogP contribution in [0.3, 0.4) is 0 Å². The second-order valence-electron chi connectivity index (χ2n) is 6.75. The van der Waals surface area contributed by atoms with E-state index in [0.717, 1.165) is 11.1 Å². The first-order chi connectivity index (χ1) is 11.5. The molecule has 1 aliphatic rings. The molecule has 5 nitrogen and oxygen atoms in total. The number of hydrogen-bond donors (Lipinski definition) is 1. The topological polar surface area (TPSA) is 58.6 Å². The van der Waals surface area contributed by atoms with E-state index in [1.807, 2.05) is 30.9 Å². The number of aryl methyl sites for hydroxylation is 1. The lowest BCUT2D eigenvalue weighted by molar-refractivity contribution is -0.133. The van der Waals surface area contributed by atoms with Crippen LogP contribution < -0.4 is 5.32 Å². The zero-order valence-corrected chi connectivity index (χ0v) is 15.0. The first kappa shape index (κ1) is 18.5. The molecule has 0 aromatic heterocycles. The van der Waals surface area contributed by atoms with E-state index in [-0.39, 0.29) is 29.6 Å². The summed E-state index contributed by atoms with van der Waals surface area (Å²) in [6.45, 7) is 7.92. The minimum Gasteiger partial charge on any atom is -0.383 e. The first-order valence-corrected chi connectivity index (χ1v) is 8.56. The molecule has 1 aromatic rings. The molecule has 0 saturated carbocycles. The highest BCUT2D eigenvalue weighted by Gasteiger charge is 2.41. The largest absolute Gasteiger partial charge is 0.383 e. The highest BCUT2D eigenvalue weighted by molar-refractivity contribution is 5.84. The number of ether oxygens (including phenoxy) is 1. The lowest BCUT2D eigenvalue weighted by atomic mass is 9.86. The van der Waals surface area contributed by atoms with Crippen LogP contribution in [-0.2, 0) is 14.3 Å². The summed E-state index contributed by atoms with van der Waals surface area (Å²) in [7, 11) is 1.61. The molecule has 0 unspecified atom stereocenters. The standard InChI is InChI=1S/C19H28N2O3/c1-13(2)19(23)21-11-16(15-8-6-5-7-14(15)3)17(12-21)18(22)20-9-10-24-4/h5-8,13,16-17H,9-12H2,1-4H3,(H,20,22)/t16-,17+/m1/s1. The second kappa shape index (κ2) is 8.29. The average Bonchev–Trinajstić information content (AvgIpc) is 2.99. The molecule has 0 bridgehead atoms. The summed E-state index contributed by atoms with van der Waals surface area (Å²) in [6, 6.07) is 8.12. The van der Waals surface area contributed by atoms with Gasteiger partial charge in [-0.05, 0) is 18.1 Å². The molecule has 1 fully saturated rings. The van der Waals surface area contributed by atoms with Gasteiger partial charge < -0.3 is 15.0 Å². The minimum atomic E-state index is -0.217. The van der Waals surface area contributed by atoms with Crippen molar-refractivity contribution in [2.24, 2.45) is 11.8 Å². The molecule has 0 aliphatic carbocycles. The van der Waals surface area contributed by atoms with E-state index >= 15 is 0 Å². The lowest BCUT2D eigenvalue weighted by Crippen LogP contribution is -2.37. The Kier molecular flexibility index (Phi) is 6.37. The number of nitrogens with one attached hydrogen (secondary N) is 1. The van der Waals surface area contributed by atoms with Crippen LogP contribution in [-0.4, -0.2) is 50.1 Å². The highest BCUT2D eigenvalue weighted by atomic mass is 16.5. The van der Waals surface area contributed by atoms with Crippen molar-refractivity contribution in [2.45, 2.75) is 26.7 Å². The van der Waals surface area contributed by atoms with Crippen LogP contribution in [0.2, 0.25) is 0 Å². The van der Waals surface area contributed by atoms with Gasteiger partial charge in [-0.25, -0.2) is 0 Å². The van der Waals surface area contributed by atoms with Gasteiger partial charge in [-0.3, -0.25) is 9.59 Å². The van der Waals surface area contributed by atoms with Gasteiger partial charge in [0.2, 0.25) is 11.8 Å². The number of benzene rings is 1. The normalized spacial score (nSPS) is 20.5. The summed E-state index contributed by atoms with van der Waals surface area (Å²) in [6.07, 6.45) is 0. The van der Waals surface area contributed by atoms with Gasteiger partial charge in [0, 0.05) is 38.6 Å². The van der Waals surface area contributed by atoms with E-state index in [2.05, 4.69) is 24.4 Å².